The van der Waals surface area contributed by atoms with Crippen molar-refractivity contribution in [3.63, 3.8) is 0 Å². The number of carbonyl (C=O) groups excluding carboxylic acids is 1. The maximum Gasteiger partial charge on any atom is 0.252 e. The summed E-state index contributed by atoms with van der Waals surface area (Å²) in [7, 11) is 3.84. The van der Waals surface area contributed by atoms with Gasteiger partial charge < -0.3 is 20.2 Å². The molecule has 8 heteroatoms. The van der Waals surface area contributed by atoms with E-state index in [1.807, 2.05) is 19.1 Å². The molecule has 0 saturated carbocycles. The van der Waals surface area contributed by atoms with E-state index >= 15 is 0 Å². The van der Waals surface area contributed by atoms with Crippen molar-refractivity contribution in [2.75, 3.05) is 19.4 Å². The molecule has 0 atom stereocenters. The maximum absolute atomic E-state index is 13.2. The number of aromatic nitrogens is 3. The van der Waals surface area contributed by atoms with Crippen molar-refractivity contribution in [1.29, 1.82) is 0 Å². The molecule has 0 fully saturated rings. The summed E-state index contributed by atoms with van der Waals surface area (Å²) in [5.74, 6) is 0.976. The number of hydrogen-bond acceptors (Lipinski definition) is 6. The number of benzene rings is 2. The van der Waals surface area contributed by atoms with Crippen molar-refractivity contribution < 1.29 is 4.79 Å². The number of hydrogen-bond donors (Lipinski definition) is 2. The first-order valence-electron chi connectivity index (χ1n) is 12.7. The molecule has 4 aromatic rings. The van der Waals surface area contributed by atoms with E-state index in [-0.39, 0.29) is 5.91 Å². The highest BCUT2D eigenvalue weighted by Crippen LogP contribution is 2.45. The van der Waals surface area contributed by atoms with E-state index in [1.54, 1.807) is 18.5 Å². The lowest BCUT2D eigenvalue weighted by Crippen LogP contribution is -2.21. The van der Waals surface area contributed by atoms with E-state index in [9.17, 15) is 4.79 Å². The minimum atomic E-state index is -0.0304. The minimum Gasteiger partial charge on any atom is -0.348 e. The van der Waals surface area contributed by atoms with Gasteiger partial charge >= 0.3 is 0 Å². The number of carbonyl (C=O) groups is 1. The van der Waals surface area contributed by atoms with Gasteiger partial charge in [0.1, 0.15) is 0 Å². The van der Waals surface area contributed by atoms with Crippen molar-refractivity contribution in [1.82, 2.24) is 24.9 Å². The third kappa shape index (κ3) is 3.75. The summed E-state index contributed by atoms with van der Waals surface area (Å²) in [6.07, 6.45) is 5.05. The second-order valence-corrected chi connectivity index (χ2v) is 10.4. The van der Waals surface area contributed by atoms with Gasteiger partial charge in [-0.3, -0.25) is 4.79 Å². The van der Waals surface area contributed by atoms with Crippen LogP contribution in [-0.2, 0) is 19.5 Å². The van der Waals surface area contributed by atoms with Crippen LogP contribution in [0.5, 0.6) is 0 Å². The number of nitrogens with zero attached hydrogens (tertiary/aromatic N) is 5. The summed E-state index contributed by atoms with van der Waals surface area (Å²) < 4.78 is 2.45. The average molecular weight is 494 g/mol. The van der Waals surface area contributed by atoms with E-state index in [1.165, 1.54) is 11.1 Å². The summed E-state index contributed by atoms with van der Waals surface area (Å²) >= 11 is 0. The topological polar surface area (TPSA) is 87.4 Å². The summed E-state index contributed by atoms with van der Waals surface area (Å²) in [4.78, 5) is 21.9. The fourth-order valence-corrected chi connectivity index (χ4v) is 5.80. The van der Waals surface area contributed by atoms with Crippen LogP contribution in [0.4, 0.5) is 11.6 Å². The van der Waals surface area contributed by atoms with Crippen LogP contribution < -0.4 is 10.6 Å². The molecule has 0 radical (unpaired) electrons. The monoisotopic (exact) mass is 493 g/mol. The van der Waals surface area contributed by atoms with E-state index < -0.39 is 0 Å². The summed E-state index contributed by atoms with van der Waals surface area (Å²) in [5.41, 5.74) is 9.06. The second-order valence-electron chi connectivity index (χ2n) is 10.4. The lowest BCUT2D eigenvalue weighted by molar-refractivity contribution is 0.0965. The molecule has 2 aromatic heterocycles. The number of aryl methyl sites for hydroxylation is 1. The van der Waals surface area contributed by atoms with Crippen LogP contribution in [0.1, 0.15) is 47.3 Å². The van der Waals surface area contributed by atoms with Gasteiger partial charge in [-0.2, -0.15) is 5.10 Å². The van der Waals surface area contributed by atoms with Crippen molar-refractivity contribution in [2.45, 2.75) is 39.8 Å². The Bertz CT molecular complexity index is 1610. The molecule has 1 aliphatic carbocycles. The van der Waals surface area contributed by atoms with Gasteiger partial charge in [-0.25, -0.2) is 9.97 Å². The summed E-state index contributed by atoms with van der Waals surface area (Å²) in [5, 5.41) is 15.2. The first kappa shape index (κ1) is 23.2. The standard InChI is InChI=1S/C29H31N7O/c1-16(2)15-36-23-10-7-18(33-29-30-11-6-12-31-29)13-20(23)25-21-14-32-28(37)26(21)24-17(3)22(34-35(4)5)9-8-19(24)27(25)36/h6-7,10-13,16H,3,8-9,14-15H2,1-2,4-5H3,(H,32,37)(H,30,31,33)/b34-22-. The Hall–Kier alpha value is -4.20. The van der Waals surface area contributed by atoms with Gasteiger partial charge in [0.05, 0.1) is 16.8 Å². The van der Waals surface area contributed by atoms with E-state index in [4.69, 9.17) is 5.10 Å². The Morgan fingerprint density at radius 2 is 1.95 bits per heavy atom. The van der Waals surface area contributed by atoms with E-state index in [0.29, 0.717) is 18.4 Å². The zero-order chi connectivity index (χ0) is 25.8. The van der Waals surface area contributed by atoms with Gasteiger partial charge in [0.25, 0.3) is 5.91 Å². The summed E-state index contributed by atoms with van der Waals surface area (Å²) in [6, 6.07) is 8.21. The highest BCUT2D eigenvalue weighted by atomic mass is 16.1. The van der Waals surface area contributed by atoms with Gasteiger partial charge in [0.2, 0.25) is 5.95 Å². The van der Waals surface area contributed by atoms with Crippen LogP contribution in [0.2, 0.25) is 0 Å². The molecule has 188 valence electrons. The highest BCUT2D eigenvalue weighted by molar-refractivity contribution is 6.29. The van der Waals surface area contributed by atoms with Gasteiger partial charge in [0, 0.05) is 67.1 Å². The molecule has 1 aliphatic heterocycles. The maximum atomic E-state index is 13.2. The lowest BCUT2D eigenvalue weighted by atomic mass is 9.80. The molecule has 6 rings (SSSR count). The first-order valence-corrected chi connectivity index (χ1v) is 12.7. The van der Waals surface area contributed by atoms with Gasteiger partial charge in [-0.05, 0) is 59.7 Å². The number of fused-ring (bicyclic) bond motifs is 8. The molecule has 3 heterocycles. The van der Waals surface area contributed by atoms with Crippen LogP contribution in [0.3, 0.4) is 0 Å². The molecule has 2 aromatic carbocycles. The largest absolute Gasteiger partial charge is 0.348 e. The van der Waals surface area contributed by atoms with Crippen LogP contribution in [0.25, 0.3) is 27.4 Å². The molecule has 0 bridgehead atoms. The Balaban J connectivity index is 1.67. The van der Waals surface area contributed by atoms with Crippen LogP contribution in [0.15, 0.2) is 48.3 Å². The smallest absolute Gasteiger partial charge is 0.252 e. The normalized spacial score (nSPS) is 16.0. The number of nitrogens with one attached hydrogen (secondary N) is 2. The SMILES string of the molecule is C=C1/C(=N\N(C)C)CCc2c1c1c(c3c4cc(Nc5ncccn5)ccc4n(CC(C)C)c23)CNC1=O. The Labute approximate surface area is 216 Å². The number of anilines is 2. The third-order valence-corrected chi connectivity index (χ3v) is 7.11. The molecule has 1 amide bonds. The Kier molecular flexibility index (Phi) is 5.47. The highest BCUT2D eigenvalue weighted by Gasteiger charge is 2.35. The second kappa shape index (κ2) is 8.73. The zero-order valence-electron chi connectivity index (χ0n) is 21.7. The molecular weight excluding hydrogens is 462 g/mol. The predicted molar refractivity (Wildman–Crippen MR) is 149 cm³/mol. The minimum absolute atomic E-state index is 0.0304. The Morgan fingerprint density at radius 3 is 2.68 bits per heavy atom. The average Bonchev–Trinajstić information content (AvgIpc) is 3.39. The van der Waals surface area contributed by atoms with Crippen molar-refractivity contribution in [2.24, 2.45) is 11.0 Å². The van der Waals surface area contributed by atoms with Crippen molar-refractivity contribution in [3.05, 3.63) is 65.5 Å². The number of amides is 1. The first-order chi connectivity index (χ1) is 17.8. The van der Waals surface area contributed by atoms with Crippen LogP contribution in [0, 0.1) is 5.92 Å². The molecule has 0 unspecified atom stereocenters. The number of allylic oxidation sites excluding steroid dienone is 1. The molecular formula is C29H31N7O. The lowest BCUT2D eigenvalue weighted by Gasteiger charge is -2.26. The van der Waals surface area contributed by atoms with Crippen LogP contribution >= 0.6 is 0 Å². The van der Waals surface area contributed by atoms with E-state index in [0.717, 1.165) is 69.3 Å². The quantitative estimate of drug-likeness (QED) is 0.378. The zero-order valence-corrected chi connectivity index (χ0v) is 21.7. The van der Waals surface area contributed by atoms with Crippen LogP contribution in [-0.4, -0.2) is 45.3 Å². The fourth-order valence-electron chi connectivity index (χ4n) is 5.80. The molecule has 2 aliphatic rings. The van der Waals surface area contributed by atoms with Gasteiger partial charge in [-0.1, -0.05) is 20.4 Å². The number of hydrazone groups is 1. The Morgan fingerprint density at radius 1 is 1.16 bits per heavy atom. The van der Waals surface area contributed by atoms with Gasteiger partial charge in [0.15, 0.2) is 0 Å². The van der Waals surface area contributed by atoms with E-state index in [2.05, 4.69) is 63.8 Å². The number of rotatable bonds is 5. The molecule has 0 spiro atoms. The van der Waals surface area contributed by atoms with Crippen molar-refractivity contribution >= 4 is 50.6 Å². The van der Waals surface area contributed by atoms with Gasteiger partial charge in [-0.15, -0.1) is 0 Å². The summed E-state index contributed by atoms with van der Waals surface area (Å²) in [6.45, 7) is 10.3. The molecule has 37 heavy (non-hydrogen) atoms. The molecule has 0 saturated heterocycles. The fraction of sp³-hybridized carbons (Fsp3) is 0.310. The predicted octanol–water partition coefficient (Wildman–Crippen LogP) is 5.10. The molecule has 8 nitrogen and oxygen atoms in total. The third-order valence-electron chi connectivity index (χ3n) is 7.11. The molecule has 2 N–H and O–H groups in total. The van der Waals surface area contributed by atoms with Crippen molar-refractivity contribution in [3.8, 4) is 0 Å².